The summed E-state index contributed by atoms with van der Waals surface area (Å²) in [6.07, 6.45) is 1.32. The molecule has 4 rings (SSSR count). The Morgan fingerprint density at radius 2 is 1.62 bits per heavy atom. The Kier molecular flexibility index (Phi) is 8.02. The molecule has 0 aliphatic heterocycles. The minimum atomic E-state index is -0.941. The lowest BCUT2D eigenvalue weighted by molar-refractivity contribution is -0.136. The standard InChI is InChI=1S/C27H19Cl2N3O5/c1-36-24-13-16(9-12-23(24)37-27(35)18-10-11-20(28)21(29)14-18)15-30-32-26(34)25(33)31-22-8-4-6-17-5-2-3-7-19(17)22/h2-15H,1H3,(H,31,33)(H,32,34)/b30-15-. The van der Waals surface area contributed by atoms with E-state index in [0.717, 1.165) is 10.8 Å². The van der Waals surface area contributed by atoms with Gasteiger partial charge in [0.1, 0.15) is 0 Å². The van der Waals surface area contributed by atoms with Gasteiger partial charge in [0, 0.05) is 11.1 Å². The smallest absolute Gasteiger partial charge is 0.343 e. The fraction of sp³-hybridized carbons (Fsp3) is 0.0370. The van der Waals surface area contributed by atoms with Crippen molar-refractivity contribution in [3.05, 3.63) is 100 Å². The molecule has 0 aliphatic rings. The summed E-state index contributed by atoms with van der Waals surface area (Å²) in [5, 5.41) is 8.69. The monoisotopic (exact) mass is 535 g/mol. The van der Waals surface area contributed by atoms with E-state index in [9.17, 15) is 14.4 Å². The lowest BCUT2D eigenvalue weighted by atomic mass is 10.1. The van der Waals surface area contributed by atoms with E-state index < -0.39 is 17.8 Å². The number of amides is 2. The van der Waals surface area contributed by atoms with E-state index in [0.29, 0.717) is 16.3 Å². The number of hydrogen-bond acceptors (Lipinski definition) is 6. The number of benzene rings is 4. The van der Waals surface area contributed by atoms with Gasteiger partial charge in [0.25, 0.3) is 0 Å². The Bertz CT molecular complexity index is 1530. The topological polar surface area (TPSA) is 106 Å². The molecule has 4 aromatic carbocycles. The van der Waals surface area contributed by atoms with Crippen molar-refractivity contribution in [1.82, 2.24) is 5.43 Å². The van der Waals surface area contributed by atoms with Crippen LogP contribution in [-0.4, -0.2) is 31.1 Å². The second kappa shape index (κ2) is 11.6. The van der Waals surface area contributed by atoms with E-state index >= 15 is 0 Å². The van der Waals surface area contributed by atoms with Gasteiger partial charge < -0.3 is 14.8 Å². The predicted molar refractivity (Wildman–Crippen MR) is 143 cm³/mol. The van der Waals surface area contributed by atoms with Crippen LogP contribution in [0, 0.1) is 0 Å². The third-order valence-electron chi connectivity index (χ3n) is 5.17. The number of nitrogens with zero attached hydrogens (tertiary/aromatic N) is 1. The summed E-state index contributed by atoms with van der Waals surface area (Å²) in [5.74, 6) is -2.05. The first-order chi connectivity index (χ1) is 17.9. The molecule has 2 amide bonds. The fourth-order valence-corrected chi connectivity index (χ4v) is 3.66. The Morgan fingerprint density at radius 3 is 2.41 bits per heavy atom. The molecule has 8 nitrogen and oxygen atoms in total. The normalized spacial score (nSPS) is 10.8. The number of carbonyl (C=O) groups is 3. The van der Waals surface area contributed by atoms with E-state index in [4.69, 9.17) is 32.7 Å². The molecule has 0 atom stereocenters. The summed E-state index contributed by atoms with van der Waals surface area (Å²) >= 11 is 11.8. The molecule has 10 heteroatoms. The number of halogens is 2. The molecular formula is C27H19Cl2N3O5. The van der Waals surface area contributed by atoms with E-state index in [2.05, 4.69) is 15.8 Å². The molecule has 0 aromatic heterocycles. The van der Waals surface area contributed by atoms with Gasteiger partial charge in [-0.1, -0.05) is 59.6 Å². The van der Waals surface area contributed by atoms with Crippen LogP contribution in [0.3, 0.4) is 0 Å². The Balaban J connectivity index is 1.38. The number of hydrogen-bond donors (Lipinski definition) is 2. The van der Waals surface area contributed by atoms with Crippen molar-refractivity contribution >= 4 is 63.7 Å². The highest BCUT2D eigenvalue weighted by atomic mass is 35.5. The van der Waals surface area contributed by atoms with Gasteiger partial charge >= 0.3 is 17.8 Å². The molecular weight excluding hydrogens is 517 g/mol. The summed E-state index contributed by atoms with van der Waals surface area (Å²) in [6, 6.07) is 21.9. The Hall–Kier alpha value is -4.40. The second-order valence-corrected chi connectivity index (χ2v) is 8.42. The van der Waals surface area contributed by atoms with Crippen molar-refractivity contribution in [2.45, 2.75) is 0 Å². The summed E-state index contributed by atoms with van der Waals surface area (Å²) in [7, 11) is 1.41. The minimum absolute atomic E-state index is 0.161. The average Bonchev–Trinajstić information content (AvgIpc) is 2.91. The quantitative estimate of drug-likeness (QED) is 0.112. The summed E-state index contributed by atoms with van der Waals surface area (Å²) < 4.78 is 10.7. The first kappa shape index (κ1) is 25.7. The number of carbonyl (C=O) groups excluding carboxylic acids is 3. The van der Waals surface area contributed by atoms with Crippen molar-refractivity contribution in [2.24, 2.45) is 5.10 Å². The number of methoxy groups -OCH3 is 1. The summed E-state index contributed by atoms with van der Waals surface area (Å²) in [6.45, 7) is 0. The number of fused-ring (bicyclic) bond motifs is 1. The maximum Gasteiger partial charge on any atom is 0.343 e. The van der Waals surface area contributed by atoms with Gasteiger partial charge in [-0.05, 0) is 53.4 Å². The molecule has 0 saturated carbocycles. The van der Waals surface area contributed by atoms with Crippen LogP contribution < -0.4 is 20.2 Å². The van der Waals surface area contributed by atoms with Crippen LogP contribution in [0.15, 0.2) is 84.0 Å². The molecule has 0 heterocycles. The molecule has 0 radical (unpaired) electrons. The largest absolute Gasteiger partial charge is 0.493 e. The van der Waals surface area contributed by atoms with Crippen molar-refractivity contribution in [3.63, 3.8) is 0 Å². The van der Waals surface area contributed by atoms with Crippen LogP contribution in [0.1, 0.15) is 15.9 Å². The fourth-order valence-electron chi connectivity index (χ4n) is 3.36. The first-order valence-electron chi connectivity index (χ1n) is 10.8. The van der Waals surface area contributed by atoms with E-state index in [-0.39, 0.29) is 22.1 Å². The number of hydrazone groups is 1. The van der Waals surface area contributed by atoms with Crippen LogP contribution in [0.25, 0.3) is 10.8 Å². The van der Waals surface area contributed by atoms with Gasteiger partial charge in [0.15, 0.2) is 11.5 Å². The zero-order chi connectivity index (χ0) is 26.4. The molecule has 0 fully saturated rings. The van der Waals surface area contributed by atoms with Gasteiger partial charge in [0.2, 0.25) is 0 Å². The van der Waals surface area contributed by atoms with Gasteiger partial charge in [-0.15, -0.1) is 0 Å². The highest BCUT2D eigenvalue weighted by molar-refractivity contribution is 6.42. The van der Waals surface area contributed by atoms with Crippen molar-refractivity contribution in [3.8, 4) is 11.5 Å². The molecule has 0 unspecified atom stereocenters. The number of nitrogens with one attached hydrogen (secondary N) is 2. The molecule has 0 saturated heterocycles. The number of anilines is 1. The molecule has 2 N–H and O–H groups in total. The van der Waals surface area contributed by atoms with E-state index in [1.807, 2.05) is 30.3 Å². The van der Waals surface area contributed by atoms with E-state index in [1.54, 1.807) is 24.3 Å². The predicted octanol–water partition coefficient (Wildman–Crippen LogP) is 5.46. The van der Waals surface area contributed by atoms with Crippen LogP contribution in [-0.2, 0) is 9.59 Å². The first-order valence-corrected chi connectivity index (χ1v) is 11.6. The molecule has 0 bridgehead atoms. The average molecular weight is 536 g/mol. The highest BCUT2D eigenvalue weighted by Crippen LogP contribution is 2.29. The maximum atomic E-state index is 12.5. The zero-order valence-corrected chi connectivity index (χ0v) is 20.8. The molecule has 186 valence electrons. The van der Waals surface area contributed by atoms with Crippen molar-refractivity contribution < 1.29 is 23.9 Å². The summed E-state index contributed by atoms with van der Waals surface area (Å²) in [4.78, 5) is 37.0. The Morgan fingerprint density at radius 1 is 0.838 bits per heavy atom. The number of ether oxygens (including phenoxy) is 2. The number of rotatable bonds is 6. The minimum Gasteiger partial charge on any atom is -0.493 e. The maximum absolute atomic E-state index is 12.5. The zero-order valence-electron chi connectivity index (χ0n) is 19.3. The lowest BCUT2D eigenvalue weighted by Crippen LogP contribution is -2.32. The second-order valence-electron chi connectivity index (χ2n) is 7.61. The molecule has 37 heavy (non-hydrogen) atoms. The Labute approximate surface area is 221 Å². The van der Waals surface area contributed by atoms with E-state index in [1.165, 1.54) is 37.6 Å². The lowest BCUT2D eigenvalue weighted by Gasteiger charge is -2.10. The van der Waals surface area contributed by atoms with Crippen molar-refractivity contribution in [2.75, 3.05) is 12.4 Å². The van der Waals surface area contributed by atoms with Crippen LogP contribution in [0.4, 0.5) is 5.69 Å². The van der Waals surface area contributed by atoms with Gasteiger partial charge in [-0.25, -0.2) is 10.2 Å². The third-order valence-corrected chi connectivity index (χ3v) is 5.91. The third kappa shape index (κ3) is 6.24. The number of esters is 1. The molecule has 0 spiro atoms. The van der Waals surface area contributed by atoms with Crippen LogP contribution in [0.5, 0.6) is 11.5 Å². The summed E-state index contributed by atoms with van der Waals surface area (Å²) in [5.41, 5.74) is 3.43. The van der Waals surface area contributed by atoms with Gasteiger partial charge in [-0.2, -0.15) is 5.10 Å². The SMILES string of the molecule is COc1cc(/C=N\NC(=O)C(=O)Nc2cccc3ccccc23)ccc1OC(=O)c1ccc(Cl)c(Cl)c1. The van der Waals surface area contributed by atoms with Gasteiger partial charge in [0.05, 0.1) is 28.9 Å². The van der Waals surface area contributed by atoms with Crippen LogP contribution >= 0.6 is 23.2 Å². The molecule has 0 aliphatic carbocycles. The van der Waals surface area contributed by atoms with Crippen LogP contribution in [0.2, 0.25) is 10.0 Å². The molecule has 4 aromatic rings. The van der Waals surface area contributed by atoms with Crippen molar-refractivity contribution in [1.29, 1.82) is 0 Å². The van der Waals surface area contributed by atoms with Gasteiger partial charge in [-0.3, -0.25) is 9.59 Å². The highest BCUT2D eigenvalue weighted by Gasteiger charge is 2.16.